The minimum absolute atomic E-state index is 0.0536. The quantitative estimate of drug-likeness (QED) is 0.408. The summed E-state index contributed by atoms with van der Waals surface area (Å²) in [5.41, 5.74) is 5.00. The van der Waals surface area contributed by atoms with E-state index < -0.39 is 6.10 Å². The maximum atomic E-state index is 13.4. The van der Waals surface area contributed by atoms with Crippen LogP contribution in [0.4, 0.5) is 5.69 Å². The van der Waals surface area contributed by atoms with Crippen molar-refractivity contribution in [1.29, 1.82) is 0 Å². The standard InChI is InChI=1S/C28H27N3O3/c1-17-27(33)30-22-15-19(11-14-25(22)34-17)24(32)16-31-23-8-6-5-7-21(23)29-26(31)18-9-12-20(13-10-18)28(2,3)4/h5-15,17H,16H2,1-4H3,(H,30,33). The first-order valence-corrected chi connectivity index (χ1v) is 11.4. The fraction of sp³-hybridized carbons (Fsp3) is 0.250. The Hall–Kier alpha value is -3.93. The van der Waals surface area contributed by atoms with Gasteiger partial charge in [-0.3, -0.25) is 9.59 Å². The van der Waals surface area contributed by atoms with Gasteiger partial charge in [0, 0.05) is 11.1 Å². The molecule has 6 nitrogen and oxygen atoms in total. The molecule has 5 rings (SSSR count). The van der Waals surface area contributed by atoms with Crippen molar-refractivity contribution >= 4 is 28.4 Å². The van der Waals surface area contributed by atoms with E-state index in [0.717, 1.165) is 22.4 Å². The van der Waals surface area contributed by atoms with Crippen molar-refractivity contribution in [1.82, 2.24) is 9.55 Å². The van der Waals surface area contributed by atoms with Crippen molar-refractivity contribution < 1.29 is 14.3 Å². The van der Waals surface area contributed by atoms with Gasteiger partial charge in [-0.15, -0.1) is 0 Å². The molecule has 1 N–H and O–H groups in total. The number of hydrogen-bond acceptors (Lipinski definition) is 4. The number of aromatic nitrogens is 2. The maximum Gasteiger partial charge on any atom is 0.265 e. The highest BCUT2D eigenvalue weighted by Gasteiger charge is 2.25. The molecule has 4 aromatic rings. The Morgan fingerprint density at radius 2 is 1.79 bits per heavy atom. The summed E-state index contributed by atoms with van der Waals surface area (Å²) in [6, 6.07) is 21.3. The molecule has 1 atom stereocenters. The molecule has 0 spiro atoms. The van der Waals surface area contributed by atoms with E-state index in [2.05, 4.69) is 50.4 Å². The van der Waals surface area contributed by atoms with E-state index in [1.54, 1.807) is 25.1 Å². The van der Waals surface area contributed by atoms with Crippen molar-refractivity contribution in [2.75, 3.05) is 5.32 Å². The summed E-state index contributed by atoms with van der Waals surface area (Å²) in [5, 5.41) is 2.81. The van der Waals surface area contributed by atoms with Crippen molar-refractivity contribution in [3.63, 3.8) is 0 Å². The predicted octanol–water partition coefficient (Wildman–Crippen LogP) is 5.60. The van der Waals surface area contributed by atoms with E-state index in [1.807, 2.05) is 28.8 Å². The summed E-state index contributed by atoms with van der Waals surface area (Å²) in [5.74, 6) is 1.01. The summed E-state index contributed by atoms with van der Waals surface area (Å²) in [4.78, 5) is 30.2. The summed E-state index contributed by atoms with van der Waals surface area (Å²) < 4.78 is 7.57. The smallest absolute Gasteiger partial charge is 0.265 e. The molecule has 2 heterocycles. The topological polar surface area (TPSA) is 73.2 Å². The number of imidazole rings is 1. The molecule has 6 heteroatoms. The fourth-order valence-electron chi connectivity index (χ4n) is 4.19. The largest absolute Gasteiger partial charge is 0.479 e. The van der Waals surface area contributed by atoms with Crippen molar-refractivity contribution in [3.8, 4) is 17.1 Å². The third-order valence-corrected chi connectivity index (χ3v) is 6.20. The molecular weight excluding hydrogens is 426 g/mol. The number of para-hydroxylation sites is 2. The molecule has 1 unspecified atom stereocenters. The Balaban J connectivity index is 1.51. The number of hydrogen-bond donors (Lipinski definition) is 1. The van der Waals surface area contributed by atoms with Crippen LogP contribution in [0.15, 0.2) is 66.7 Å². The number of rotatable bonds is 4. The van der Waals surface area contributed by atoms with Gasteiger partial charge in [-0.2, -0.15) is 0 Å². The lowest BCUT2D eigenvalue weighted by Gasteiger charge is -2.23. The number of amides is 1. The zero-order valence-corrected chi connectivity index (χ0v) is 19.8. The molecule has 1 aliphatic heterocycles. The first kappa shape index (κ1) is 21.9. The molecule has 0 radical (unpaired) electrons. The van der Waals surface area contributed by atoms with Crippen LogP contribution in [0.25, 0.3) is 22.4 Å². The second-order valence-electron chi connectivity index (χ2n) is 9.72. The first-order chi connectivity index (χ1) is 16.2. The van der Waals surface area contributed by atoms with E-state index in [1.165, 1.54) is 5.56 Å². The second-order valence-corrected chi connectivity index (χ2v) is 9.72. The van der Waals surface area contributed by atoms with Crippen LogP contribution in [0.5, 0.6) is 5.75 Å². The maximum absolute atomic E-state index is 13.4. The van der Waals surface area contributed by atoms with Crippen LogP contribution in [0.1, 0.15) is 43.6 Å². The SMILES string of the molecule is CC1Oc2ccc(C(=O)Cn3c(-c4ccc(C(C)(C)C)cc4)nc4ccccc43)cc2NC1=O. The highest BCUT2D eigenvalue weighted by Crippen LogP contribution is 2.32. The molecule has 34 heavy (non-hydrogen) atoms. The first-order valence-electron chi connectivity index (χ1n) is 11.4. The molecule has 0 fully saturated rings. The van der Waals surface area contributed by atoms with Crippen molar-refractivity contribution in [3.05, 3.63) is 77.9 Å². The highest BCUT2D eigenvalue weighted by molar-refractivity contribution is 6.02. The lowest BCUT2D eigenvalue weighted by Crippen LogP contribution is -2.34. The number of carbonyl (C=O) groups is 2. The number of nitrogens with one attached hydrogen (secondary N) is 1. The molecule has 0 saturated heterocycles. The van der Waals surface area contributed by atoms with Gasteiger partial charge in [-0.1, -0.05) is 57.2 Å². The Morgan fingerprint density at radius 1 is 1.06 bits per heavy atom. The van der Waals surface area contributed by atoms with Gasteiger partial charge < -0.3 is 14.6 Å². The number of anilines is 1. The number of benzene rings is 3. The average Bonchev–Trinajstić information content (AvgIpc) is 3.17. The number of Topliss-reactive ketones (excluding diaryl/α,β-unsaturated/α-hetero) is 1. The molecular formula is C28H27N3O3. The van der Waals surface area contributed by atoms with Crippen LogP contribution >= 0.6 is 0 Å². The molecule has 1 amide bonds. The number of fused-ring (bicyclic) bond motifs is 2. The van der Waals surface area contributed by atoms with E-state index in [9.17, 15) is 9.59 Å². The van der Waals surface area contributed by atoms with E-state index in [4.69, 9.17) is 9.72 Å². The van der Waals surface area contributed by atoms with Crippen LogP contribution in [0.2, 0.25) is 0 Å². The molecule has 1 aliphatic rings. The van der Waals surface area contributed by atoms with Crippen LogP contribution in [-0.4, -0.2) is 27.3 Å². The second kappa shape index (κ2) is 8.13. The monoisotopic (exact) mass is 453 g/mol. The number of nitrogens with zero attached hydrogens (tertiary/aromatic N) is 2. The molecule has 172 valence electrons. The predicted molar refractivity (Wildman–Crippen MR) is 133 cm³/mol. The molecule has 3 aromatic carbocycles. The lowest BCUT2D eigenvalue weighted by atomic mass is 9.87. The van der Waals surface area contributed by atoms with Gasteiger partial charge in [-0.05, 0) is 48.2 Å². The van der Waals surface area contributed by atoms with Crippen LogP contribution in [-0.2, 0) is 16.8 Å². The molecule has 1 aromatic heterocycles. The summed E-state index contributed by atoms with van der Waals surface area (Å²) in [6.45, 7) is 8.37. The molecule has 0 saturated carbocycles. The van der Waals surface area contributed by atoms with Crippen LogP contribution < -0.4 is 10.1 Å². The Kier molecular flexibility index (Phi) is 5.24. The van der Waals surface area contributed by atoms with E-state index in [-0.39, 0.29) is 23.7 Å². The minimum Gasteiger partial charge on any atom is -0.479 e. The minimum atomic E-state index is -0.557. The normalized spacial score (nSPS) is 15.5. The third-order valence-electron chi connectivity index (χ3n) is 6.20. The van der Waals surface area contributed by atoms with Gasteiger partial charge in [0.1, 0.15) is 11.6 Å². The fourth-order valence-corrected chi connectivity index (χ4v) is 4.19. The highest BCUT2D eigenvalue weighted by atomic mass is 16.5. The van der Waals surface area contributed by atoms with Gasteiger partial charge >= 0.3 is 0 Å². The number of ether oxygens (including phenoxy) is 1. The number of carbonyl (C=O) groups excluding carboxylic acids is 2. The van der Waals surface area contributed by atoms with Gasteiger partial charge in [0.15, 0.2) is 11.9 Å². The number of ketones is 1. The van der Waals surface area contributed by atoms with Crippen LogP contribution in [0.3, 0.4) is 0 Å². The zero-order chi connectivity index (χ0) is 24.0. The van der Waals surface area contributed by atoms with Gasteiger partial charge in [0.2, 0.25) is 0 Å². The van der Waals surface area contributed by atoms with E-state index >= 15 is 0 Å². The van der Waals surface area contributed by atoms with Crippen molar-refractivity contribution in [2.24, 2.45) is 0 Å². The molecule has 0 aliphatic carbocycles. The Morgan fingerprint density at radius 3 is 2.53 bits per heavy atom. The summed E-state index contributed by atoms with van der Waals surface area (Å²) >= 11 is 0. The van der Waals surface area contributed by atoms with Crippen LogP contribution in [0, 0.1) is 0 Å². The summed E-state index contributed by atoms with van der Waals surface area (Å²) in [6.07, 6.45) is -0.557. The van der Waals surface area contributed by atoms with Crippen molar-refractivity contribution in [2.45, 2.75) is 45.8 Å². The van der Waals surface area contributed by atoms with Gasteiger partial charge in [0.05, 0.1) is 23.3 Å². The Bertz CT molecular complexity index is 1410. The third kappa shape index (κ3) is 3.96. The lowest BCUT2D eigenvalue weighted by molar-refractivity contribution is -0.122. The zero-order valence-electron chi connectivity index (χ0n) is 19.8. The summed E-state index contributed by atoms with van der Waals surface area (Å²) in [7, 11) is 0. The molecule has 0 bridgehead atoms. The average molecular weight is 454 g/mol. The Labute approximate surface area is 198 Å². The van der Waals surface area contributed by atoms with Gasteiger partial charge in [-0.25, -0.2) is 4.98 Å². The van der Waals surface area contributed by atoms with Gasteiger partial charge in [0.25, 0.3) is 5.91 Å². The van der Waals surface area contributed by atoms with E-state index in [0.29, 0.717) is 17.0 Å².